The van der Waals surface area contributed by atoms with E-state index in [4.69, 9.17) is 9.47 Å². The van der Waals surface area contributed by atoms with Crippen molar-refractivity contribution < 1.29 is 24.5 Å². The Kier molecular flexibility index (Phi) is 4.47. The van der Waals surface area contributed by atoms with Crippen molar-refractivity contribution in [1.82, 2.24) is 0 Å². The van der Waals surface area contributed by atoms with Crippen LogP contribution >= 0.6 is 0 Å². The van der Waals surface area contributed by atoms with E-state index in [0.717, 1.165) is 0 Å². The molecule has 0 amide bonds. The van der Waals surface area contributed by atoms with E-state index in [0.29, 0.717) is 22.6 Å². The Bertz CT molecular complexity index is 922. The van der Waals surface area contributed by atoms with Crippen molar-refractivity contribution in [1.29, 1.82) is 0 Å². The van der Waals surface area contributed by atoms with Gasteiger partial charge in [0.15, 0.2) is 17.3 Å². The van der Waals surface area contributed by atoms with Crippen LogP contribution in [0.1, 0.15) is 35.3 Å². The Labute approximate surface area is 151 Å². The Hall–Kier alpha value is -3.21. The highest BCUT2D eigenvalue weighted by Crippen LogP contribution is 2.38. The number of carbonyl (C=O) groups excluding carboxylic acids is 1. The molecular formula is C21H20O5. The monoisotopic (exact) mass is 352 g/mol. The van der Waals surface area contributed by atoms with Gasteiger partial charge in [0, 0.05) is 0 Å². The van der Waals surface area contributed by atoms with E-state index < -0.39 is 5.60 Å². The molecule has 3 rings (SSSR count). The first-order valence-corrected chi connectivity index (χ1v) is 8.14. The van der Waals surface area contributed by atoms with Crippen LogP contribution in [-0.2, 0) is 0 Å². The van der Waals surface area contributed by atoms with Gasteiger partial charge < -0.3 is 19.7 Å². The molecule has 0 saturated heterocycles. The smallest absolute Gasteiger partial charge is 0.189 e. The minimum absolute atomic E-state index is 0.0259. The zero-order chi connectivity index (χ0) is 18.9. The van der Waals surface area contributed by atoms with Gasteiger partial charge in [0.05, 0.1) is 18.2 Å². The lowest BCUT2D eigenvalue weighted by atomic mass is 9.98. The second kappa shape index (κ2) is 6.59. The number of aromatic hydroxyl groups is 2. The molecule has 2 aromatic rings. The van der Waals surface area contributed by atoms with E-state index in [1.54, 1.807) is 36.4 Å². The molecule has 0 fully saturated rings. The molecule has 2 N–H and O–H groups in total. The summed E-state index contributed by atoms with van der Waals surface area (Å²) in [7, 11) is 1.45. The predicted molar refractivity (Wildman–Crippen MR) is 99.9 cm³/mol. The van der Waals surface area contributed by atoms with Crippen molar-refractivity contribution in [2.45, 2.75) is 19.4 Å². The summed E-state index contributed by atoms with van der Waals surface area (Å²) in [4.78, 5) is 12.5. The molecule has 0 atom stereocenters. The van der Waals surface area contributed by atoms with Gasteiger partial charge in [-0.25, -0.2) is 0 Å². The molecule has 0 aromatic heterocycles. The quantitative estimate of drug-likeness (QED) is 0.637. The van der Waals surface area contributed by atoms with E-state index in [1.807, 2.05) is 19.9 Å². The van der Waals surface area contributed by atoms with E-state index in [1.165, 1.54) is 19.3 Å². The lowest BCUT2D eigenvalue weighted by Crippen LogP contribution is -2.27. The second-order valence-corrected chi connectivity index (χ2v) is 6.54. The highest BCUT2D eigenvalue weighted by molar-refractivity contribution is 6.09. The Morgan fingerprint density at radius 3 is 2.69 bits per heavy atom. The van der Waals surface area contributed by atoms with Gasteiger partial charge in [-0.05, 0) is 61.9 Å². The standard InChI is InChI=1S/C21H20O5/c1-21(2)11-10-15-18(26-21)9-6-14(20(15)24)16(22)7-4-13-5-8-17(23)19(12-13)25-3/h4-12,23-24H,1-3H3. The summed E-state index contributed by atoms with van der Waals surface area (Å²) in [6.45, 7) is 3.83. The van der Waals surface area contributed by atoms with Crippen LogP contribution in [0.15, 0.2) is 42.5 Å². The van der Waals surface area contributed by atoms with Crippen LogP contribution in [0.4, 0.5) is 0 Å². The van der Waals surface area contributed by atoms with Crippen LogP contribution in [-0.4, -0.2) is 28.7 Å². The lowest BCUT2D eigenvalue weighted by Gasteiger charge is -2.28. The summed E-state index contributed by atoms with van der Waals surface area (Å²) < 4.78 is 10.8. The van der Waals surface area contributed by atoms with E-state index in [2.05, 4.69) is 0 Å². The van der Waals surface area contributed by atoms with Gasteiger partial charge in [0.2, 0.25) is 0 Å². The zero-order valence-corrected chi connectivity index (χ0v) is 14.8. The Morgan fingerprint density at radius 1 is 1.19 bits per heavy atom. The maximum absolute atomic E-state index is 12.5. The van der Waals surface area contributed by atoms with Crippen molar-refractivity contribution >= 4 is 17.9 Å². The summed E-state index contributed by atoms with van der Waals surface area (Å²) in [6, 6.07) is 8.00. The molecule has 0 bridgehead atoms. The summed E-state index contributed by atoms with van der Waals surface area (Å²) in [5, 5.41) is 20.1. The highest BCUT2D eigenvalue weighted by atomic mass is 16.5. The second-order valence-electron chi connectivity index (χ2n) is 6.54. The summed E-state index contributed by atoms with van der Waals surface area (Å²) in [6.07, 6.45) is 6.56. The number of fused-ring (bicyclic) bond motifs is 1. The minimum Gasteiger partial charge on any atom is -0.506 e. The largest absolute Gasteiger partial charge is 0.506 e. The fourth-order valence-corrected chi connectivity index (χ4v) is 2.70. The third-order valence-electron chi connectivity index (χ3n) is 4.10. The van der Waals surface area contributed by atoms with Crippen molar-refractivity contribution in [3.8, 4) is 23.0 Å². The number of benzene rings is 2. The van der Waals surface area contributed by atoms with E-state index in [9.17, 15) is 15.0 Å². The number of carbonyl (C=O) groups is 1. The molecule has 2 aromatic carbocycles. The molecular weight excluding hydrogens is 332 g/mol. The third-order valence-corrected chi connectivity index (χ3v) is 4.10. The van der Waals surface area contributed by atoms with Crippen LogP contribution in [0, 0.1) is 0 Å². The molecule has 0 radical (unpaired) electrons. The van der Waals surface area contributed by atoms with Gasteiger partial charge in [0.1, 0.15) is 17.1 Å². The van der Waals surface area contributed by atoms with Crippen molar-refractivity contribution in [2.75, 3.05) is 7.11 Å². The Balaban J connectivity index is 1.87. The molecule has 0 saturated carbocycles. The number of rotatable bonds is 4. The van der Waals surface area contributed by atoms with Gasteiger partial charge in [0.25, 0.3) is 0 Å². The fourth-order valence-electron chi connectivity index (χ4n) is 2.70. The first-order valence-electron chi connectivity index (χ1n) is 8.14. The molecule has 1 heterocycles. The third kappa shape index (κ3) is 3.42. The first kappa shape index (κ1) is 17.6. The topological polar surface area (TPSA) is 76.0 Å². The van der Waals surface area contributed by atoms with Crippen LogP contribution in [0.3, 0.4) is 0 Å². The number of allylic oxidation sites excluding steroid dienone is 1. The number of hydrogen-bond acceptors (Lipinski definition) is 5. The van der Waals surface area contributed by atoms with Crippen LogP contribution < -0.4 is 9.47 Å². The average molecular weight is 352 g/mol. The predicted octanol–water partition coefficient (Wildman–Crippen LogP) is 4.19. The number of methoxy groups -OCH3 is 1. The molecule has 0 aliphatic carbocycles. The van der Waals surface area contributed by atoms with E-state index in [-0.39, 0.29) is 22.8 Å². The van der Waals surface area contributed by atoms with Crippen LogP contribution in [0.5, 0.6) is 23.0 Å². The number of ketones is 1. The highest BCUT2D eigenvalue weighted by Gasteiger charge is 2.25. The van der Waals surface area contributed by atoms with Crippen LogP contribution in [0.25, 0.3) is 12.2 Å². The first-order chi connectivity index (χ1) is 12.3. The molecule has 26 heavy (non-hydrogen) atoms. The summed E-state index contributed by atoms with van der Waals surface area (Å²) in [5.41, 5.74) is 0.923. The number of phenolic OH excluding ortho intramolecular Hbond substituents is 2. The fraction of sp³-hybridized carbons (Fsp3) is 0.190. The molecule has 0 unspecified atom stereocenters. The van der Waals surface area contributed by atoms with E-state index >= 15 is 0 Å². The molecule has 5 heteroatoms. The van der Waals surface area contributed by atoms with Crippen LogP contribution in [0.2, 0.25) is 0 Å². The summed E-state index contributed by atoms with van der Waals surface area (Å²) in [5.74, 6) is 0.445. The number of ether oxygens (including phenoxy) is 2. The number of hydrogen-bond donors (Lipinski definition) is 2. The SMILES string of the molecule is COc1cc(C=CC(=O)c2ccc3c(c2O)C=CC(C)(C)O3)ccc1O. The summed E-state index contributed by atoms with van der Waals surface area (Å²) >= 11 is 0. The van der Waals surface area contributed by atoms with Crippen molar-refractivity contribution in [2.24, 2.45) is 0 Å². The molecule has 0 spiro atoms. The molecule has 134 valence electrons. The zero-order valence-electron chi connectivity index (χ0n) is 14.8. The molecule has 1 aliphatic heterocycles. The Morgan fingerprint density at radius 2 is 1.96 bits per heavy atom. The normalized spacial score (nSPS) is 14.7. The lowest BCUT2D eigenvalue weighted by molar-refractivity contribution is 0.104. The average Bonchev–Trinajstić information content (AvgIpc) is 2.60. The maximum atomic E-state index is 12.5. The van der Waals surface area contributed by atoms with Gasteiger partial charge in [-0.3, -0.25) is 4.79 Å². The maximum Gasteiger partial charge on any atom is 0.189 e. The van der Waals surface area contributed by atoms with Gasteiger partial charge in [-0.15, -0.1) is 0 Å². The van der Waals surface area contributed by atoms with Crippen molar-refractivity contribution in [3.05, 3.63) is 59.2 Å². The van der Waals surface area contributed by atoms with Gasteiger partial charge >= 0.3 is 0 Å². The minimum atomic E-state index is -0.456. The molecule has 5 nitrogen and oxygen atoms in total. The number of phenols is 2. The van der Waals surface area contributed by atoms with Gasteiger partial charge in [-0.1, -0.05) is 12.1 Å². The molecule has 1 aliphatic rings. The van der Waals surface area contributed by atoms with Crippen molar-refractivity contribution in [3.63, 3.8) is 0 Å². The van der Waals surface area contributed by atoms with Gasteiger partial charge in [-0.2, -0.15) is 0 Å².